The van der Waals surface area contributed by atoms with Crippen molar-refractivity contribution < 1.29 is 4.79 Å². The number of hydrogen-bond acceptors (Lipinski definition) is 5. The Balaban J connectivity index is 2.05. The standard InChI is InChI=1S/C17H29N5O/c1-13(20-16(23)12-18-3)15-11-19-17(21-14(15)2)22-9-7-5-4-6-8-10-22/h11,13,18H,4-10,12H2,1-3H3,(H,20,23)/t13-/m0/s1. The maximum absolute atomic E-state index is 11.7. The number of aromatic nitrogens is 2. The van der Waals surface area contributed by atoms with Crippen LogP contribution in [0.25, 0.3) is 0 Å². The number of aryl methyl sites for hydroxylation is 1. The number of amides is 1. The van der Waals surface area contributed by atoms with Gasteiger partial charge in [-0.05, 0) is 33.7 Å². The van der Waals surface area contributed by atoms with Crippen molar-refractivity contribution in [1.82, 2.24) is 20.6 Å². The topological polar surface area (TPSA) is 70.2 Å². The van der Waals surface area contributed by atoms with Crippen molar-refractivity contribution in [3.63, 3.8) is 0 Å². The fourth-order valence-corrected chi connectivity index (χ4v) is 3.02. The van der Waals surface area contributed by atoms with Gasteiger partial charge in [0, 0.05) is 30.5 Å². The first-order chi connectivity index (χ1) is 11.1. The van der Waals surface area contributed by atoms with E-state index in [1.165, 1.54) is 32.1 Å². The molecule has 1 aromatic heterocycles. The smallest absolute Gasteiger partial charge is 0.234 e. The first-order valence-corrected chi connectivity index (χ1v) is 8.64. The van der Waals surface area contributed by atoms with Crippen molar-refractivity contribution >= 4 is 11.9 Å². The molecule has 2 N–H and O–H groups in total. The molecular formula is C17H29N5O. The summed E-state index contributed by atoms with van der Waals surface area (Å²) in [4.78, 5) is 23.2. The zero-order chi connectivity index (χ0) is 16.7. The Labute approximate surface area is 139 Å². The van der Waals surface area contributed by atoms with Crippen LogP contribution in [0.4, 0.5) is 5.95 Å². The van der Waals surface area contributed by atoms with Crippen molar-refractivity contribution in [2.45, 2.75) is 52.0 Å². The number of hydrogen-bond donors (Lipinski definition) is 2. The molecule has 2 heterocycles. The van der Waals surface area contributed by atoms with Crippen LogP contribution >= 0.6 is 0 Å². The Bertz CT molecular complexity index is 512. The van der Waals surface area contributed by atoms with Gasteiger partial charge in [0.15, 0.2) is 0 Å². The second-order valence-electron chi connectivity index (χ2n) is 6.29. The lowest BCUT2D eigenvalue weighted by molar-refractivity contribution is -0.120. The van der Waals surface area contributed by atoms with Crippen molar-refractivity contribution in [2.24, 2.45) is 0 Å². The quantitative estimate of drug-likeness (QED) is 0.868. The third-order valence-electron chi connectivity index (χ3n) is 4.32. The van der Waals surface area contributed by atoms with Crippen molar-refractivity contribution in [3.05, 3.63) is 17.5 Å². The summed E-state index contributed by atoms with van der Waals surface area (Å²) in [5, 5.41) is 5.81. The largest absolute Gasteiger partial charge is 0.348 e. The molecule has 1 aliphatic rings. The van der Waals surface area contributed by atoms with Crippen LogP contribution in [0.5, 0.6) is 0 Å². The molecule has 2 rings (SSSR count). The molecular weight excluding hydrogens is 290 g/mol. The van der Waals surface area contributed by atoms with E-state index in [2.05, 4.69) is 20.5 Å². The fraction of sp³-hybridized carbons (Fsp3) is 0.706. The molecule has 0 radical (unpaired) electrons. The van der Waals surface area contributed by atoms with Gasteiger partial charge in [-0.2, -0.15) is 0 Å². The highest BCUT2D eigenvalue weighted by Crippen LogP contribution is 2.20. The van der Waals surface area contributed by atoms with E-state index in [4.69, 9.17) is 4.98 Å². The number of carbonyl (C=O) groups excluding carboxylic acids is 1. The molecule has 1 aliphatic heterocycles. The molecule has 1 fully saturated rings. The molecule has 128 valence electrons. The molecule has 1 atom stereocenters. The van der Waals surface area contributed by atoms with Crippen LogP contribution in [-0.2, 0) is 4.79 Å². The van der Waals surface area contributed by atoms with E-state index in [1.807, 2.05) is 20.0 Å². The van der Waals surface area contributed by atoms with Crippen LogP contribution in [0.1, 0.15) is 56.3 Å². The molecule has 0 saturated carbocycles. The minimum absolute atomic E-state index is 0.0211. The highest BCUT2D eigenvalue weighted by molar-refractivity contribution is 5.78. The second-order valence-corrected chi connectivity index (χ2v) is 6.29. The van der Waals surface area contributed by atoms with Crippen LogP contribution in [0, 0.1) is 6.92 Å². The van der Waals surface area contributed by atoms with Gasteiger partial charge in [0.05, 0.1) is 12.6 Å². The fourth-order valence-electron chi connectivity index (χ4n) is 3.02. The summed E-state index contributed by atoms with van der Waals surface area (Å²) >= 11 is 0. The van der Waals surface area contributed by atoms with Gasteiger partial charge in [-0.3, -0.25) is 4.79 Å². The maximum Gasteiger partial charge on any atom is 0.234 e. The molecule has 6 nitrogen and oxygen atoms in total. The zero-order valence-electron chi connectivity index (χ0n) is 14.6. The minimum atomic E-state index is -0.0859. The third kappa shape index (κ3) is 5.16. The average molecular weight is 319 g/mol. The predicted octanol–water partition coefficient (Wildman–Crippen LogP) is 1.95. The number of rotatable bonds is 5. The Morgan fingerprint density at radius 3 is 2.52 bits per heavy atom. The van der Waals surface area contributed by atoms with E-state index < -0.39 is 0 Å². The molecule has 1 amide bonds. The lowest BCUT2D eigenvalue weighted by atomic mass is 10.1. The summed E-state index contributed by atoms with van der Waals surface area (Å²) in [5.41, 5.74) is 1.92. The molecule has 0 aliphatic carbocycles. The Hall–Kier alpha value is -1.69. The van der Waals surface area contributed by atoms with Crippen LogP contribution in [0.15, 0.2) is 6.20 Å². The Kier molecular flexibility index (Phi) is 6.77. The molecule has 0 spiro atoms. The zero-order valence-corrected chi connectivity index (χ0v) is 14.6. The summed E-state index contributed by atoms with van der Waals surface area (Å²) in [7, 11) is 1.76. The van der Waals surface area contributed by atoms with Crippen molar-refractivity contribution in [1.29, 1.82) is 0 Å². The number of anilines is 1. The Morgan fingerprint density at radius 1 is 1.26 bits per heavy atom. The predicted molar refractivity (Wildman–Crippen MR) is 92.6 cm³/mol. The van der Waals surface area contributed by atoms with Crippen molar-refractivity contribution in [2.75, 3.05) is 31.6 Å². The summed E-state index contributed by atoms with van der Waals surface area (Å²) < 4.78 is 0. The molecule has 23 heavy (non-hydrogen) atoms. The SMILES string of the molecule is CNCC(=O)N[C@@H](C)c1cnc(N2CCCCCCC2)nc1C. The van der Waals surface area contributed by atoms with Gasteiger partial charge in [-0.1, -0.05) is 19.3 Å². The normalized spacial score (nSPS) is 17.3. The first-order valence-electron chi connectivity index (χ1n) is 8.64. The van der Waals surface area contributed by atoms with E-state index >= 15 is 0 Å². The van der Waals surface area contributed by atoms with E-state index in [1.54, 1.807) is 7.05 Å². The van der Waals surface area contributed by atoms with E-state index in [9.17, 15) is 4.79 Å². The van der Waals surface area contributed by atoms with Gasteiger partial charge >= 0.3 is 0 Å². The van der Waals surface area contributed by atoms with Crippen LogP contribution in [-0.4, -0.2) is 42.6 Å². The maximum atomic E-state index is 11.7. The monoisotopic (exact) mass is 319 g/mol. The van der Waals surface area contributed by atoms with Crippen LogP contribution in [0.2, 0.25) is 0 Å². The number of nitrogens with zero attached hydrogens (tertiary/aromatic N) is 3. The van der Waals surface area contributed by atoms with Gasteiger partial charge in [-0.15, -0.1) is 0 Å². The molecule has 0 bridgehead atoms. The second kappa shape index (κ2) is 8.82. The first kappa shape index (κ1) is 17.7. The van der Waals surface area contributed by atoms with Gasteiger partial charge in [0.2, 0.25) is 11.9 Å². The average Bonchev–Trinajstić information content (AvgIpc) is 2.46. The number of carbonyl (C=O) groups is 1. The number of likely N-dealkylation sites (N-methyl/N-ethyl adjacent to an activating group) is 1. The van der Waals surface area contributed by atoms with Gasteiger partial charge in [0.25, 0.3) is 0 Å². The van der Waals surface area contributed by atoms with E-state index in [0.29, 0.717) is 6.54 Å². The van der Waals surface area contributed by atoms with Crippen LogP contribution in [0.3, 0.4) is 0 Å². The summed E-state index contributed by atoms with van der Waals surface area (Å²) in [6, 6.07) is -0.0859. The summed E-state index contributed by atoms with van der Waals surface area (Å²) in [6.45, 7) is 6.34. The van der Waals surface area contributed by atoms with Gasteiger partial charge in [-0.25, -0.2) is 9.97 Å². The lowest BCUT2D eigenvalue weighted by Gasteiger charge is -2.25. The van der Waals surface area contributed by atoms with Gasteiger partial charge < -0.3 is 15.5 Å². The van der Waals surface area contributed by atoms with E-state index in [0.717, 1.165) is 30.3 Å². The highest BCUT2D eigenvalue weighted by atomic mass is 16.1. The highest BCUT2D eigenvalue weighted by Gasteiger charge is 2.16. The van der Waals surface area contributed by atoms with E-state index in [-0.39, 0.29) is 11.9 Å². The molecule has 0 unspecified atom stereocenters. The molecule has 0 aromatic carbocycles. The summed E-state index contributed by atoms with van der Waals surface area (Å²) in [6.07, 6.45) is 8.21. The molecule has 1 saturated heterocycles. The Morgan fingerprint density at radius 2 is 1.91 bits per heavy atom. The van der Waals surface area contributed by atoms with Crippen molar-refractivity contribution in [3.8, 4) is 0 Å². The molecule has 6 heteroatoms. The van der Waals surface area contributed by atoms with Gasteiger partial charge in [0.1, 0.15) is 0 Å². The third-order valence-corrected chi connectivity index (χ3v) is 4.32. The van der Waals surface area contributed by atoms with Crippen LogP contribution < -0.4 is 15.5 Å². The number of nitrogens with one attached hydrogen (secondary N) is 2. The lowest BCUT2D eigenvalue weighted by Crippen LogP contribution is -2.34. The minimum Gasteiger partial charge on any atom is -0.348 e. The molecule has 1 aromatic rings. The summed E-state index contributed by atoms with van der Waals surface area (Å²) in [5.74, 6) is 0.800.